The summed E-state index contributed by atoms with van der Waals surface area (Å²) < 4.78 is 48.8. The quantitative estimate of drug-likeness (QED) is 0.746. The largest absolute Gasteiger partial charge is 0.386 e. The van der Waals surface area contributed by atoms with Gasteiger partial charge in [0.2, 0.25) is 10.0 Å². The first-order valence-electron chi connectivity index (χ1n) is 5.23. The molecule has 0 aliphatic rings. The van der Waals surface area contributed by atoms with Gasteiger partial charge in [-0.3, -0.25) is 4.98 Å². The summed E-state index contributed by atoms with van der Waals surface area (Å²) in [5.74, 6) is -0.229. The lowest BCUT2D eigenvalue weighted by molar-refractivity contribution is -0.000449. The van der Waals surface area contributed by atoms with Gasteiger partial charge in [-0.15, -0.1) is 0 Å². The number of aliphatic hydroxyl groups excluding tert-OH is 1. The topological polar surface area (TPSA) is 79.3 Å². The Balaban J connectivity index is 2.41. The second-order valence-corrected chi connectivity index (χ2v) is 5.60. The molecule has 1 atom stereocenters. The Kier molecular flexibility index (Phi) is 5.57. The van der Waals surface area contributed by atoms with E-state index >= 15 is 0 Å². The molecule has 1 heterocycles. The highest BCUT2D eigenvalue weighted by atomic mass is 32.2. The SMILES string of the molecule is O=S(=O)(CCc1ccncc1)NCC(O)C(F)F. The maximum Gasteiger partial charge on any atom is 0.265 e. The highest BCUT2D eigenvalue weighted by Gasteiger charge is 2.19. The highest BCUT2D eigenvalue weighted by Crippen LogP contribution is 2.02. The van der Waals surface area contributed by atoms with E-state index in [1.54, 1.807) is 12.1 Å². The van der Waals surface area contributed by atoms with Gasteiger partial charge < -0.3 is 5.11 Å². The Morgan fingerprint density at radius 3 is 2.50 bits per heavy atom. The van der Waals surface area contributed by atoms with Gasteiger partial charge in [-0.05, 0) is 24.1 Å². The van der Waals surface area contributed by atoms with E-state index in [2.05, 4.69) is 4.98 Å². The number of aliphatic hydroxyl groups is 1. The first kappa shape index (κ1) is 14.9. The monoisotopic (exact) mass is 280 g/mol. The van der Waals surface area contributed by atoms with Gasteiger partial charge >= 0.3 is 0 Å². The Morgan fingerprint density at radius 1 is 1.33 bits per heavy atom. The van der Waals surface area contributed by atoms with E-state index in [4.69, 9.17) is 5.11 Å². The van der Waals surface area contributed by atoms with Crippen LogP contribution < -0.4 is 4.72 Å². The maximum atomic E-state index is 12.0. The summed E-state index contributed by atoms with van der Waals surface area (Å²) in [5, 5.41) is 8.79. The van der Waals surface area contributed by atoms with Crippen LogP contribution in [0.4, 0.5) is 8.78 Å². The second-order valence-electron chi connectivity index (χ2n) is 3.67. The maximum absolute atomic E-state index is 12.0. The van der Waals surface area contributed by atoms with Crippen LogP contribution in [0.5, 0.6) is 0 Å². The molecule has 1 unspecified atom stereocenters. The summed E-state index contributed by atoms with van der Waals surface area (Å²) in [4.78, 5) is 3.79. The highest BCUT2D eigenvalue weighted by molar-refractivity contribution is 7.89. The number of aryl methyl sites for hydroxylation is 1. The molecule has 0 aliphatic heterocycles. The molecule has 0 saturated carbocycles. The van der Waals surface area contributed by atoms with Gasteiger partial charge in [0.25, 0.3) is 6.43 Å². The normalized spacial score (nSPS) is 13.8. The molecule has 0 spiro atoms. The predicted molar refractivity (Wildman–Crippen MR) is 61.7 cm³/mol. The fraction of sp³-hybridized carbons (Fsp3) is 0.500. The second kappa shape index (κ2) is 6.72. The minimum atomic E-state index is -3.67. The molecular formula is C10H14F2N2O3S. The van der Waals surface area contributed by atoms with Gasteiger partial charge in [0.05, 0.1) is 5.75 Å². The van der Waals surface area contributed by atoms with Gasteiger partial charge in [0.15, 0.2) is 0 Å². The summed E-state index contributed by atoms with van der Waals surface area (Å²) in [5.41, 5.74) is 0.782. The van der Waals surface area contributed by atoms with Crippen LogP contribution in [-0.4, -0.2) is 43.3 Å². The zero-order valence-electron chi connectivity index (χ0n) is 9.46. The van der Waals surface area contributed by atoms with Crippen LogP contribution in [0.25, 0.3) is 0 Å². The van der Waals surface area contributed by atoms with Crippen LogP contribution in [0.3, 0.4) is 0 Å². The lowest BCUT2D eigenvalue weighted by atomic mass is 10.2. The van der Waals surface area contributed by atoms with E-state index in [-0.39, 0.29) is 12.2 Å². The smallest absolute Gasteiger partial charge is 0.265 e. The molecule has 1 rings (SSSR count). The Bertz CT molecular complexity index is 453. The first-order chi connectivity index (χ1) is 8.41. The van der Waals surface area contributed by atoms with Crippen LogP contribution in [-0.2, 0) is 16.4 Å². The predicted octanol–water partition coefficient (Wildman–Crippen LogP) is 0.169. The van der Waals surface area contributed by atoms with Gasteiger partial charge in [-0.25, -0.2) is 21.9 Å². The molecule has 0 bridgehead atoms. The first-order valence-corrected chi connectivity index (χ1v) is 6.88. The van der Waals surface area contributed by atoms with Crippen molar-refractivity contribution < 1.29 is 22.3 Å². The van der Waals surface area contributed by atoms with Crippen molar-refractivity contribution in [2.24, 2.45) is 0 Å². The number of nitrogens with zero attached hydrogens (tertiary/aromatic N) is 1. The van der Waals surface area contributed by atoms with Gasteiger partial charge in [-0.2, -0.15) is 0 Å². The zero-order chi connectivity index (χ0) is 13.6. The third kappa shape index (κ3) is 5.48. The molecule has 5 nitrogen and oxygen atoms in total. The fourth-order valence-electron chi connectivity index (χ4n) is 1.18. The van der Waals surface area contributed by atoms with E-state index in [1.165, 1.54) is 12.4 Å². The number of hydrogen-bond donors (Lipinski definition) is 2. The molecule has 1 aromatic heterocycles. The van der Waals surface area contributed by atoms with Crippen molar-refractivity contribution in [2.45, 2.75) is 19.0 Å². The van der Waals surface area contributed by atoms with Gasteiger partial charge in [-0.1, -0.05) is 0 Å². The fourth-order valence-corrected chi connectivity index (χ4v) is 2.25. The molecule has 0 fully saturated rings. The Morgan fingerprint density at radius 2 is 1.94 bits per heavy atom. The number of hydrogen-bond acceptors (Lipinski definition) is 4. The van der Waals surface area contributed by atoms with Crippen LogP contribution in [0, 0.1) is 0 Å². The number of aromatic nitrogens is 1. The van der Waals surface area contributed by atoms with Gasteiger partial charge in [0, 0.05) is 18.9 Å². The molecule has 1 aromatic rings. The average molecular weight is 280 g/mol. The number of sulfonamides is 1. The molecule has 0 aromatic carbocycles. The van der Waals surface area contributed by atoms with Crippen molar-refractivity contribution in [3.05, 3.63) is 30.1 Å². The lowest BCUT2D eigenvalue weighted by Gasteiger charge is -2.11. The average Bonchev–Trinajstić information content (AvgIpc) is 2.35. The minimum absolute atomic E-state index is 0.229. The van der Waals surface area contributed by atoms with E-state index in [0.29, 0.717) is 0 Å². The lowest BCUT2D eigenvalue weighted by Crippen LogP contribution is -2.37. The van der Waals surface area contributed by atoms with E-state index < -0.39 is 29.1 Å². The van der Waals surface area contributed by atoms with Crippen LogP contribution in [0.1, 0.15) is 5.56 Å². The molecule has 0 amide bonds. The standard InChI is InChI=1S/C10H14F2N2O3S/c11-10(12)9(15)7-14-18(16,17)6-3-8-1-4-13-5-2-8/h1-2,4-5,9-10,14-15H,3,6-7H2. The summed E-state index contributed by atoms with van der Waals surface area (Å²) in [6.45, 7) is -0.684. The zero-order valence-corrected chi connectivity index (χ0v) is 10.3. The number of pyridine rings is 1. The molecule has 0 saturated heterocycles. The van der Waals surface area contributed by atoms with Crippen molar-refractivity contribution in [1.29, 1.82) is 0 Å². The third-order valence-corrected chi connectivity index (χ3v) is 3.56. The molecular weight excluding hydrogens is 266 g/mol. The number of rotatable bonds is 7. The van der Waals surface area contributed by atoms with Crippen LogP contribution >= 0.6 is 0 Å². The van der Waals surface area contributed by atoms with E-state index in [9.17, 15) is 17.2 Å². The van der Waals surface area contributed by atoms with Crippen molar-refractivity contribution in [3.63, 3.8) is 0 Å². The van der Waals surface area contributed by atoms with E-state index in [0.717, 1.165) is 5.56 Å². The van der Waals surface area contributed by atoms with Crippen molar-refractivity contribution >= 4 is 10.0 Å². The van der Waals surface area contributed by atoms with Crippen molar-refractivity contribution in [3.8, 4) is 0 Å². The summed E-state index contributed by atoms with van der Waals surface area (Å²) in [6.07, 6.45) is -1.62. The van der Waals surface area contributed by atoms with Crippen LogP contribution in [0.15, 0.2) is 24.5 Å². The number of alkyl halides is 2. The summed E-state index contributed by atoms with van der Waals surface area (Å²) in [6, 6.07) is 3.34. The molecule has 102 valence electrons. The minimum Gasteiger partial charge on any atom is -0.386 e. The Hall–Kier alpha value is -1.12. The van der Waals surface area contributed by atoms with Crippen molar-refractivity contribution in [2.75, 3.05) is 12.3 Å². The summed E-state index contributed by atoms with van der Waals surface area (Å²) >= 11 is 0. The van der Waals surface area contributed by atoms with Crippen molar-refractivity contribution in [1.82, 2.24) is 9.71 Å². The molecule has 8 heteroatoms. The molecule has 18 heavy (non-hydrogen) atoms. The number of nitrogens with one attached hydrogen (secondary N) is 1. The van der Waals surface area contributed by atoms with E-state index in [1.807, 2.05) is 4.72 Å². The third-order valence-electron chi connectivity index (χ3n) is 2.21. The summed E-state index contributed by atoms with van der Waals surface area (Å²) in [7, 11) is -3.67. The molecule has 0 aliphatic carbocycles. The Labute approximate surface area is 104 Å². The van der Waals surface area contributed by atoms with Crippen LogP contribution in [0.2, 0.25) is 0 Å². The molecule has 0 radical (unpaired) electrons. The van der Waals surface area contributed by atoms with Gasteiger partial charge in [0.1, 0.15) is 6.10 Å². The number of halogens is 2. The molecule has 2 N–H and O–H groups in total.